The van der Waals surface area contributed by atoms with Gasteiger partial charge in [-0.2, -0.15) is 0 Å². The number of hydrogen-bond acceptors (Lipinski definition) is 1. The van der Waals surface area contributed by atoms with Crippen LogP contribution in [0, 0.1) is 19.7 Å². The molecule has 0 saturated heterocycles. The maximum Gasteiger partial charge on any atom is 0.216 e. The van der Waals surface area contributed by atoms with Crippen molar-refractivity contribution in [2.24, 2.45) is 7.05 Å². The Bertz CT molecular complexity index is 2050. The lowest BCUT2D eigenvalue weighted by Crippen LogP contribution is -2.30. The van der Waals surface area contributed by atoms with Crippen LogP contribution in [0.15, 0.2) is 126 Å². The van der Waals surface area contributed by atoms with Crippen molar-refractivity contribution >= 4 is 21.9 Å². The number of fused-ring (bicyclic) bond motifs is 3. The van der Waals surface area contributed by atoms with E-state index in [2.05, 4.69) is 97.4 Å². The molecule has 0 N–H and O–H groups in total. The Kier molecular flexibility index (Phi) is 6.01. The first kappa shape index (κ1) is 25.0. The molecular formula is C38H29FNO+. The van der Waals surface area contributed by atoms with E-state index in [0.717, 1.165) is 49.9 Å². The number of hydrogen-bond donors (Lipinski definition) is 0. The molecule has 5 aromatic carbocycles. The van der Waals surface area contributed by atoms with Crippen molar-refractivity contribution in [3.8, 4) is 44.6 Å². The van der Waals surface area contributed by atoms with Crippen molar-refractivity contribution < 1.29 is 13.4 Å². The van der Waals surface area contributed by atoms with Crippen LogP contribution in [-0.4, -0.2) is 0 Å². The number of aromatic nitrogens is 1. The SMILES string of the molecule is Cc1cc[n+](C)c(-c2c(C)ccc3c2oc2c(-c4ccc(-c5ccc(-c6ccccc6)cc5)cc4)c(F)ccc23)c1. The van der Waals surface area contributed by atoms with Crippen molar-refractivity contribution in [3.05, 3.63) is 138 Å². The maximum atomic E-state index is 15.5. The third-order valence-electron chi connectivity index (χ3n) is 8.03. The molecule has 0 radical (unpaired) electrons. The quantitative estimate of drug-likeness (QED) is 0.205. The Labute approximate surface area is 239 Å². The van der Waals surface area contributed by atoms with Crippen LogP contribution in [0.2, 0.25) is 0 Å². The first-order valence-corrected chi connectivity index (χ1v) is 13.9. The Morgan fingerprint density at radius 3 is 1.73 bits per heavy atom. The summed E-state index contributed by atoms with van der Waals surface area (Å²) in [5, 5.41) is 1.90. The highest BCUT2D eigenvalue weighted by atomic mass is 19.1. The standard InChI is InChI=1S/C38H29FNO/c1-24-21-22-40(3)34(23-24)35-25(2)9-18-31-32-19-20-33(39)36(38(32)41-37(31)35)30-16-14-29(15-17-30)28-12-10-27(11-13-28)26-7-5-4-6-8-26/h4-23H,1-3H3/q+1. The van der Waals surface area contributed by atoms with Crippen molar-refractivity contribution in [3.63, 3.8) is 0 Å². The van der Waals surface area contributed by atoms with Crippen LogP contribution in [0.4, 0.5) is 4.39 Å². The van der Waals surface area contributed by atoms with Gasteiger partial charge in [-0.1, -0.05) is 91.0 Å². The third-order valence-corrected chi connectivity index (χ3v) is 8.03. The molecule has 0 fully saturated rings. The van der Waals surface area contributed by atoms with E-state index in [1.165, 1.54) is 16.7 Å². The Hall–Kier alpha value is -5.02. The normalized spacial score (nSPS) is 11.4. The molecule has 7 rings (SSSR count). The van der Waals surface area contributed by atoms with Gasteiger partial charge in [0.25, 0.3) is 0 Å². The minimum absolute atomic E-state index is 0.295. The van der Waals surface area contributed by atoms with E-state index >= 15 is 4.39 Å². The van der Waals surface area contributed by atoms with Gasteiger partial charge in [-0.05, 0) is 64.9 Å². The lowest BCUT2D eigenvalue weighted by Gasteiger charge is -2.08. The van der Waals surface area contributed by atoms with E-state index in [0.29, 0.717) is 11.1 Å². The van der Waals surface area contributed by atoms with E-state index in [1.807, 2.05) is 43.4 Å². The number of halogens is 1. The van der Waals surface area contributed by atoms with Gasteiger partial charge < -0.3 is 4.42 Å². The third kappa shape index (κ3) is 4.31. The van der Waals surface area contributed by atoms with Crippen LogP contribution in [0.25, 0.3) is 66.6 Å². The Morgan fingerprint density at radius 1 is 0.561 bits per heavy atom. The second kappa shape index (κ2) is 9.87. The van der Waals surface area contributed by atoms with Crippen LogP contribution in [0.1, 0.15) is 11.1 Å². The van der Waals surface area contributed by atoms with E-state index in [-0.39, 0.29) is 5.82 Å². The van der Waals surface area contributed by atoms with Gasteiger partial charge in [-0.15, -0.1) is 0 Å². The zero-order valence-electron chi connectivity index (χ0n) is 23.3. The lowest BCUT2D eigenvalue weighted by molar-refractivity contribution is -0.660. The Balaban J connectivity index is 1.33. The number of benzene rings is 5. The number of rotatable bonds is 4. The minimum Gasteiger partial charge on any atom is -0.454 e. The fraction of sp³-hybridized carbons (Fsp3) is 0.0789. The highest BCUT2D eigenvalue weighted by Crippen LogP contribution is 2.42. The van der Waals surface area contributed by atoms with Gasteiger partial charge in [0.15, 0.2) is 6.20 Å². The van der Waals surface area contributed by atoms with Crippen molar-refractivity contribution in [1.82, 2.24) is 0 Å². The summed E-state index contributed by atoms with van der Waals surface area (Å²) in [6.45, 7) is 4.18. The van der Waals surface area contributed by atoms with Gasteiger partial charge in [0.1, 0.15) is 24.0 Å². The predicted octanol–water partition coefficient (Wildman–Crippen LogP) is 9.83. The molecule has 0 unspecified atom stereocenters. The van der Waals surface area contributed by atoms with Gasteiger partial charge in [0, 0.05) is 22.9 Å². The zero-order valence-corrected chi connectivity index (χ0v) is 23.3. The van der Waals surface area contributed by atoms with Crippen molar-refractivity contribution in [1.29, 1.82) is 0 Å². The zero-order chi connectivity index (χ0) is 28.1. The summed E-state index contributed by atoms with van der Waals surface area (Å²) in [6, 6.07) is 38.8. The van der Waals surface area contributed by atoms with Crippen molar-refractivity contribution in [2.75, 3.05) is 0 Å². The molecule has 0 aliphatic carbocycles. The van der Waals surface area contributed by atoms with Crippen LogP contribution in [0.5, 0.6) is 0 Å². The molecule has 0 aliphatic rings. The van der Waals surface area contributed by atoms with Gasteiger partial charge >= 0.3 is 0 Å². The molecule has 0 amide bonds. The highest BCUT2D eigenvalue weighted by Gasteiger charge is 2.23. The summed E-state index contributed by atoms with van der Waals surface area (Å²) in [5.74, 6) is -0.295. The van der Waals surface area contributed by atoms with Crippen LogP contribution in [0.3, 0.4) is 0 Å². The monoisotopic (exact) mass is 534 g/mol. The summed E-state index contributed by atoms with van der Waals surface area (Å²) in [5.41, 5.74) is 11.6. The smallest absolute Gasteiger partial charge is 0.216 e. The number of nitrogens with zero attached hydrogens (tertiary/aromatic N) is 1. The molecule has 0 atom stereocenters. The largest absolute Gasteiger partial charge is 0.454 e. The van der Waals surface area contributed by atoms with Gasteiger partial charge in [-0.25, -0.2) is 8.96 Å². The van der Waals surface area contributed by atoms with Crippen LogP contribution in [-0.2, 0) is 7.05 Å². The summed E-state index contributed by atoms with van der Waals surface area (Å²) in [6.07, 6.45) is 2.06. The molecule has 0 spiro atoms. The number of aryl methyl sites for hydroxylation is 3. The molecule has 41 heavy (non-hydrogen) atoms. The van der Waals surface area contributed by atoms with Gasteiger partial charge in [0.2, 0.25) is 5.69 Å². The number of furan rings is 1. The first-order chi connectivity index (χ1) is 20.0. The fourth-order valence-electron chi connectivity index (χ4n) is 5.80. The molecule has 3 heteroatoms. The summed E-state index contributed by atoms with van der Waals surface area (Å²) < 4.78 is 24.2. The molecule has 0 bridgehead atoms. The van der Waals surface area contributed by atoms with E-state index in [1.54, 1.807) is 6.07 Å². The Morgan fingerprint density at radius 2 is 1.10 bits per heavy atom. The highest BCUT2D eigenvalue weighted by molar-refractivity contribution is 6.13. The second-order valence-corrected chi connectivity index (χ2v) is 10.8. The van der Waals surface area contributed by atoms with E-state index < -0.39 is 0 Å². The lowest BCUT2D eigenvalue weighted by atomic mass is 9.96. The van der Waals surface area contributed by atoms with E-state index in [4.69, 9.17) is 4.42 Å². The van der Waals surface area contributed by atoms with Crippen LogP contribution < -0.4 is 4.57 Å². The van der Waals surface area contributed by atoms with Gasteiger partial charge in [-0.3, -0.25) is 0 Å². The summed E-state index contributed by atoms with van der Waals surface area (Å²) >= 11 is 0. The second-order valence-electron chi connectivity index (χ2n) is 10.8. The maximum absolute atomic E-state index is 15.5. The summed E-state index contributed by atoms with van der Waals surface area (Å²) in [7, 11) is 2.04. The minimum atomic E-state index is -0.295. The van der Waals surface area contributed by atoms with E-state index in [9.17, 15) is 0 Å². The molecule has 2 aromatic heterocycles. The first-order valence-electron chi connectivity index (χ1n) is 13.9. The molecule has 198 valence electrons. The fourth-order valence-corrected chi connectivity index (χ4v) is 5.80. The van der Waals surface area contributed by atoms with Crippen LogP contribution >= 0.6 is 0 Å². The molecule has 0 aliphatic heterocycles. The van der Waals surface area contributed by atoms with Gasteiger partial charge in [0.05, 0.1) is 11.1 Å². The number of pyridine rings is 1. The molecule has 0 saturated carbocycles. The molecule has 2 nitrogen and oxygen atoms in total. The average molecular weight is 535 g/mol. The summed E-state index contributed by atoms with van der Waals surface area (Å²) in [4.78, 5) is 0. The predicted molar refractivity (Wildman–Crippen MR) is 166 cm³/mol. The average Bonchev–Trinajstić information content (AvgIpc) is 3.37. The van der Waals surface area contributed by atoms with Crippen molar-refractivity contribution in [2.45, 2.75) is 13.8 Å². The molecule has 2 heterocycles. The molecule has 7 aromatic rings. The topological polar surface area (TPSA) is 17.0 Å². The molecular weight excluding hydrogens is 505 g/mol.